The van der Waals surface area contributed by atoms with E-state index in [0.29, 0.717) is 17.1 Å². The molecule has 0 radical (unpaired) electrons. The number of quaternary nitrogens is 1. The zero-order valence-electron chi connectivity index (χ0n) is 15.6. The van der Waals surface area contributed by atoms with Crippen LogP contribution in [0.2, 0.25) is 5.02 Å². The number of hydrogen-bond acceptors (Lipinski definition) is 4. The summed E-state index contributed by atoms with van der Waals surface area (Å²) in [5.74, 6) is -0.0957. The van der Waals surface area contributed by atoms with Gasteiger partial charge in [0.1, 0.15) is 13.1 Å². The van der Waals surface area contributed by atoms with Gasteiger partial charge < -0.3 is 9.64 Å². The van der Waals surface area contributed by atoms with E-state index in [1.807, 2.05) is 36.4 Å². The van der Waals surface area contributed by atoms with Crippen molar-refractivity contribution in [1.29, 1.82) is 0 Å². The Hall–Kier alpha value is -1.99. The van der Waals surface area contributed by atoms with Gasteiger partial charge in [-0.05, 0) is 24.3 Å². The number of anilines is 1. The quantitative estimate of drug-likeness (QED) is 0.672. The SMILES string of the molecule is O=C(c1ccccc1Cl)N(CCC[NH+]1CCOCC1)c1nc2ccccc2s1. The Kier molecular flexibility index (Phi) is 6.22. The third-order valence-electron chi connectivity index (χ3n) is 4.97. The van der Waals surface area contributed by atoms with Crippen LogP contribution in [0.5, 0.6) is 0 Å². The zero-order chi connectivity index (χ0) is 19.3. The summed E-state index contributed by atoms with van der Waals surface area (Å²) in [6.07, 6.45) is 0.904. The first-order valence-corrected chi connectivity index (χ1v) is 10.7. The van der Waals surface area contributed by atoms with Gasteiger partial charge in [0.05, 0.1) is 40.6 Å². The summed E-state index contributed by atoms with van der Waals surface area (Å²) in [5.41, 5.74) is 1.43. The van der Waals surface area contributed by atoms with Crippen LogP contribution in [0, 0.1) is 0 Å². The molecular formula is C21H23ClN3O2S+. The average Bonchev–Trinajstić information content (AvgIpc) is 3.16. The second-order valence-corrected chi connectivity index (χ2v) is 8.28. The monoisotopic (exact) mass is 416 g/mol. The van der Waals surface area contributed by atoms with E-state index in [4.69, 9.17) is 21.3 Å². The summed E-state index contributed by atoms with van der Waals surface area (Å²) < 4.78 is 6.51. The van der Waals surface area contributed by atoms with Crippen molar-refractivity contribution in [2.24, 2.45) is 0 Å². The number of carbonyl (C=O) groups is 1. The number of benzene rings is 2. The number of ether oxygens (including phenoxy) is 1. The molecule has 5 nitrogen and oxygen atoms in total. The number of rotatable bonds is 6. The molecule has 7 heteroatoms. The van der Waals surface area contributed by atoms with Crippen molar-refractivity contribution in [2.45, 2.75) is 6.42 Å². The van der Waals surface area contributed by atoms with Gasteiger partial charge in [0, 0.05) is 13.0 Å². The van der Waals surface area contributed by atoms with E-state index in [0.717, 1.165) is 54.6 Å². The number of aromatic nitrogens is 1. The summed E-state index contributed by atoms with van der Waals surface area (Å²) in [6.45, 7) is 5.32. The third-order valence-corrected chi connectivity index (χ3v) is 6.36. The molecule has 0 atom stereocenters. The molecule has 3 aromatic rings. The first-order chi connectivity index (χ1) is 13.7. The largest absolute Gasteiger partial charge is 0.370 e. The third kappa shape index (κ3) is 4.36. The lowest BCUT2D eigenvalue weighted by atomic mass is 10.2. The summed E-state index contributed by atoms with van der Waals surface area (Å²) in [5, 5.41) is 1.19. The summed E-state index contributed by atoms with van der Waals surface area (Å²) in [4.78, 5) is 21.3. The molecule has 28 heavy (non-hydrogen) atoms. The van der Waals surface area contributed by atoms with Crippen LogP contribution in [0.25, 0.3) is 10.2 Å². The molecule has 4 rings (SSSR count). The maximum atomic E-state index is 13.3. The number of morpholine rings is 1. The van der Waals surface area contributed by atoms with E-state index >= 15 is 0 Å². The number of halogens is 1. The summed E-state index contributed by atoms with van der Waals surface area (Å²) >= 11 is 7.85. The molecule has 1 fully saturated rings. The van der Waals surface area contributed by atoms with Gasteiger partial charge in [-0.1, -0.05) is 47.2 Å². The van der Waals surface area contributed by atoms with E-state index in [-0.39, 0.29) is 5.91 Å². The average molecular weight is 417 g/mol. The molecule has 1 saturated heterocycles. The molecule has 1 aromatic heterocycles. The predicted molar refractivity (Wildman–Crippen MR) is 114 cm³/mol. The lowest BCUT2D eigenvalue weighted by molar-refractivity contribution is -0.908. The topological polar surface area (TPSA) is 46.9 Å². The number of hydrogen-bond donors (Lipinski definition) is 1. The molecule has 2 heterocycles. The Morgan fingerprint density at radius 3 is 2.68 bits per heavy atom. The van der Waals surface area contributed by atoms with E-state index in [2.05, 4.69) is 0 Å². The van der Waals surface area contributed by atoms with Crippen molar-refractivity contribution in [3.63, 3.8) is 0 Å². The van der Waals surface area contributed by atoms with Gasteiger partial charge in [-0.3, -0.25) is 9.69 Å². The van der Waals surface area contributed by atoms with Gasteiger partial charge in [-0.15, -0.1) is 0 Å². The van der Waals surface area contributed by atoms with E-state index in [1.165, 1.54) is 4.90 Å². The van der Waals surface area contributed by atoms with Gasteiger partial charge in [-0.25, -0.2) is 4.98 Å². The van der Waals surface area contributed by atoms with Crippen LogP contribution in [-0.2, 0) is 4.74 Å². The number of thiazole rings is 1. The smallest absolute Gasteiger partial charge is 0.261 e. The second-order valence-electron chi connectivity index (χ2n) is 6.87. The molecule has 0 unspecified atom stereocenters. The Balaban J connectivity index is 1.56. The molecule has 146 valence electrons. The molecule has 0 spiro atoms. The van der Waals surface area contributed by atoms with Crippen molar-refractivity contribution in [1.82, 2.24) is 4.98 Å². The molecular weight excluding hydrogens is 394 g/mol. The maximum absolute atomic E-state index is 13.3. The minimum absolute atomic E-state index is 0.0957. The number of para-hydroxylation sites is 1. The van der Waals surface area contributed by atoms with Crippen LogP contribution >= 0.6 is 22.9 Å². The highest BCUT2D eigenvalue weighted by Crippen LogP contribution is 2.30. The fourth-order valence-electron chi connectivity index (χ4n) is 3.44. The van der Waals surface area contributed by atoms with Crippen molar-refractivity contribution in [3.8, 4) is 0 Å². The molecule has 2 aromatic carbocycles. The Morgan fingerprint density at radius 2 is 1.89 bits per heavy atom. The van der Waals surface area contributed by atoms with Crippen molar-refractivity contribution >= 4 is 44.2 Å². The molecule has 0 bridgehead atoms. The van der Waals surface area contributed by atoms with Crippen LogP contribution in [0.15, 0.2) is 48.5 Å². The van der Waals surface area contributed by atoms with Crippen LogP contribution in [0.4, 0.5) is 5.13 Å². The van der Waals surface area contributed by atoms with E-state index in [9.17, 15) is 4.79 Å². The molecule has 0 aliphatic carbocycles. The molecule has 1 aliphatic rings. The molecule has 1 amide bonds. The maximum Gasteiger partial charge on any atom is 0.261 e. The summed E-state index contributed by atoms with van der Waals surface area (Å²) in [7, 11) is 0. The number of amides is 1. The first kappa shape index (κ1) is 19.3. The van der Waals surface area contributed by atoms with Gasteiger partial charge in [-0.2, -0.15) is 0 Å². The van der Waals surface area contributed by atoms with Crippen LogP contribution in [0.1, 0.15) is 16.8 Å². The van der Waals surface area contributed by atoms with Gasteiger partial charge in [0.2, 0.25) is 0 Å². The highest BCUT2D eigenvalue weighted by Gasteiger charge is 2.23. The zero-order valence-corrected chi connectivity index (χ0v) is 17.1. The van der Waals surface area contributed by atoms with Gasteiger partial charge in [0.15, 0.2) is 5.13 Å². The number of nitrogens with zero attached hydrogens (tertiary/aromatic N) is 2. The van der Waals surface area contributed by atoms with Gasteiger partial charge in [0.25, 0.3) is 5.91 Å². The number of nitrogens with one attached hydrogen (secondary N) is 1. The lowest BCUT2D eigenvalue weighted by Crippen LogP contribution is -3.14. The fraction of sp³-hybridized carbons (Fsp3) is 0.333. The molecule has 1 N–H and O–H groups in total. The normalized spacial score (nSPS) is 15.0. The second kappa shape index (κ2) is 9.01. The minimum atomic E-state index is -0.0957. The van der Waals surface area contributed by atoms with Crippen molar-refractivity contribution in [3.05, 3.63) is 59.1 Å². The minimum Gasteiger partial charge on any atom is -0.370 e. The van der Waals surface area contributed by atoms with Crippen molar-refractivity contribution < 1.29 is 14.4 Å². The Bertz CT molecular complexity index is 922. The Labute approximate surface area is 173 Å². The molecule has 0 saturated carbocycles. The van der Waals surface area contributed by atoms with E-state index < -0.39 is 0 Å². The first-order valence-electron chi connectivity index (χ1n) is 9.55. The predicted octanol–water partition coefficient (Wildman–Crippen LogP) is 2.90. The highest BCUT2D eigenvalue weighted by molar-refractivity contribution is 7.22. The fourth-order valence-corrected chi connectivity index (χ4v) is 4.64. The number of fused-ring (bicyclic) bond motifs is 1. The highest BCUT2D eigenvalue weighted by atomic mass is 35.5. The Morgan fingerprint density at radius 1 is 1.14 bits per heavy atom. The van der Waals surface area contributed by atoms with Crippen LogP contribution in [-0.4, -0.2) is 50.3 Å². The van der Waals surface area contributed by atoms with E-state index in [1.54, 1.807) is 28.4 Å². The molecule has 1 aliphatic heterocycles. The van der Waals surface area contributed by atoms with Crippen molar-refractivity contribution in [2.75, 3.05) is 44.3 Å². The van der Waals surface area contributed by atoms with Crippen LogP contribution < -0.4 is 9.80 Å². The summed E-state index contributed by atoms with van der Waals surface area (Å²) in [6, 6.07) is 15.2. The van der Waals surface area contributed by atoms with Crippen LogP contribution in [0.3, 0.4) is 0 Å². The van der Waals surface area contributed by atoms with Gasteiger partial charge >= 0.3 is 0 Å². The number of carbonyl (C=O) groups excluding carboxylic acids is 1. The lowest BCUT2D eigenvalue weighted by Gasteiger charge is -2.25. The standard InChI is InChI=1S/C21H22ClN3O2S/c22-17-7-2-1-6-16(17)20(26)25(11-5-10-24-12-14-27-15-13-24)21-23-18-8-3-4-9-19(18)28-21/h1-4,6-9H,5,10-15H2/p+1.